The number of anilines is 2. The lowest BCUT2D eigenvalue weighted by atomic mass is 9.86. The van der Waals surface area contributed by atoms with E-state index in [-0.39, 0.29) is 11.8 Å². The van der Waals surface area contributed by atoms with Gasteiger partial charge in [0.05, 0.1) is 25.5 Å². The minimum absolute atomic E-state index is 0.0232. The van der Waals surface area contributed by atoms with E-state index >= 15 is 0 Å². The molecule has 2 aliphatic rings. The minimum atomic E-state index is -0.0833. The summed E-state index contributed by atoms with van der Waals surface area (Å²) in [5, 5.41) is 3.03. The fraction of sp³-hybridized carbons (Fsp3) is 0.476. The zero-order valence-electron chi connectivity index (χ0n) is 16.2. The molecule has 1 aliphatic heterocycles. The number of carbonyl (C=O) groups is 1. The molecule has 7 nitrogen and oxygen atoms in total. The molecule has 1 aliphatic carbocycles. The summed E-state index contributed by atoms with van der Waals surface area (Å²) in [4.78, 5) is 24.3. The first-order valence-electron chi connectivity index (χ1n) is 9.94. The van der Waals surface area contributed by atoms with E-state index in [0.717, 1.165) is 48.8 Å². The van der Waals surface area contributed by atoms with Crippen LogP contribution in [0.4, 0.5) is 11.6 Å². The maximum Gasteiger partial charge on any atom is 0.227 e. The van der Waals surface area contributed by atoms with Crippen molar-refractivity contribution in [1.82, 2.24) is 9.97 Å². The van der Waals surface area contributed by atoms with Crippen LogP contribution >= 0.6 is 0 Å². The number of rotatable bonds is 5. The fourth-order valence-electron chi connectivity index (χ4n) is 3.72. The van der Waals surface area contributed by atoms with Gasteiger partial charge in [-0.3, -0.25) is 4.79 Å². The molecule has 1 atom stereocenters. The van der Waals surface area contributed by atoms with Crippen molar-refractivity contribution in [1.29, 1.82) is 0 Å². The van der Waals surface area contributed by atoms with E-state index < -0.39 is 0 Å². The van der Waals surface area contributed by atoms with Gasteiger partial charge < -0.3 is 19.7 Å². The molecule has 1 N–H and O–H groups in total. The van der Waals surface area contributed by atoms with Gasteiger partial charge in [0.2, 0.25) is 11.9 Å². The zero-order valence-corrected chi connectivity index (χ0v) is 16.2. The van der Waals surface area contributed by atoms with Crippen LogP contribution in [-0.2, 0) is 22.4 Å². The summed E-state index contributed by atoms with van der Waals surface area (Å²) in [6, 6.07) is 7.55. The number of nitrogens with one attached hydrogen (secondary N) is 1. The molecule has 0 bridgehead atoms. The maximum atomic E-state index is 12.8. The number of hydrogen-bond donors (Lipinski definition) is 1. The molecule has 1 amide bonds. The normalized spacial score (nSPS) is 19.0. The average Bonchev–Trinajstić information content (AvgIpc) is 2.75. The second-order valence-electron chi connectivity index (χ2n) is 7.10. The Morgan fingerprint density at radius 2 is 2.14 bits per heavy atom. The minimum Gasteiger partial charge on any atom is -0.492 e. The summed E-state index contributed by atoms with van der Waals surface area (Å²) in [6.07, 6.45) is 4.14. The number of morpholine rings is 1. The molecule has 2 heterocycles. The number of benzene rings is 1. The van der Waals surface area contributed by atoms with E-state index in [0.29, 0.717) is 32.0 Å². The highest BCUT2D eigenvalue weighted by atomic mass is 16.5. The smallest absolute Gasteiger partial charge is 0.227 e. The summed E-state index contributed by atoms with van der Waals surface area (Å²) >= 11 is 0. The summed E-state index contributed by atoms with van der Waals surface area (Å²) in [5.74, 6) is 1.42. The largest absolute Gasteiger partial charge is 0.492 e. The number of carbonyl (C=O) groups excluding carboxylic acids is 1. The van der Waals surface area contributed by atoms with Gasteiger partial charge in [0.15, 0.2) is 0 Å². The van der Waals surface area contributed by atoms with Gasteiger partial charge in [-0.2, -0.15) is 0 Å². The molecule has 0 saturated carbocycles. The first-order chi connectivity index (χ1) is 13.7. The summed E-state index contributed by atoms with van der Waals surface area (Å²) in [6.45, 7) is 5.57. The molecule has 28 heavy (non-hydrogen) atoms. The third kappa shape index (κ3) is 4.09. The van der Waals surface area contributed by atoms with Crippen LogP contribution in [0.5, 0.6) is 5.75 Å². The van der Waals surface area contributed by atoms with Crippen molar-refractivity contribution in [3.05, 3.63) is 41.7 Å². The number of aryl methyl sites for hydroxylation is 1. The van der Waals surface area contributed by atoms with Crippen molar-refractivity contribution >= 4 is 17.5 Å². The number of fused-ring (bicyclic) bond motifs is 1. The number of hydrogen-bond acceptors (Lipinski definition) is 6. The van der Waals surface area contributed by atoms with Gasteiger partial charge in [0.1, 0.15) is 5.75 Å². The quantitative estimate of drug-likeness (QED) is 0.856. The number of ether oxygens (including phenoxy) is 2. The van der Waals surface area contributed by atoms with Gasteiger partial charge in [0, 0.05) is 30.9 Å². The van der Waals surface area contributed by atoms with Crippen LogP contribution in [-0.4, -0.2) is 48.8 Å². The molecule has 0 radical (unpaired) electrons. The van der Waals surface area contributed by atoms with Gasteiger partial charge in [-0.05, 0) is 43.9 Å². The van der Waals surface area contributed by atoms with Gasteiger partial charge in [-0.25, -0.2) is 9.97 Å². The third-order valence-electron chi connectivity index (χ3n) is 5.25. The van der Waals surface area contributed by atoms with Gasteiger partial charge in [0.25, 0.3) is 0 Å². The third-order valence-corrected chi connectivity index (χ3v) is 5.25. The lowest BCUT2D eigenvalue weighted by molar-refractivity contribution is -0.120. The van der Waals surface area contributed by atoms with Gasteiger partial charge in [-0.15, -0.1) is 0 Å². The van der Waals surface area contributed by atoms with Crippen LogP contribution in [0.1, 0.15) is 24.6 Å². The van der Waals surface area contributed by atoms with E-state index in [1.165, 1.54) is 0 Å². The van der Waals surface area contributed by atoms with E-state index in [9.17, 15) is 4.79 Å². The van der Waals surface area contributed by atoms with Crippen molar-refractivity contribution in [2.75, 3.05) is 43.1 Å². The van der Waals surface area contributed by atoms with Gasteiger partial charge in [-0.1, -0.05) is 12.1 Å². The fourth-order valence-corrected chi connectivity index (χ4v) is 3.72. The molecule has 4 rings (SSSR count). The Kier molecular flexibility index (Phi) is 5.71. The number of nitrogens with zero attached hydrogens (tertiary/aromatic N) is 3. The molecule has 148 valence electrons. The highest BCUT2D eigenvalue weighted by molar-refractivity contribution is 5.94. The molecular weight excluding hydrogens is 356 g/mol. The Morgan fingerprint density at radius 3 is 2.96 bits per heavy atom. The van der Waals surface area contributed by atoms with Crippen molar-refractivity contribution in [2.45, 2.75) is 26.2 Å². The van der Waals surface area contributed by atoms with E-state index in [2.05, 4.69) is 15.2 Å². The molecule has 1 aromatic carbocycles. The second-order valence-corrected chi connectivity index (χ2v) is 7.10. The van der Waals surface area contributed by atoms with Crippen molar-refractivity contribution in [3.8, 4) is 5.75 Å². The Labute approximate surface area is 165 Å². The Morgan fingerprint density at radius 1 is 1.32 bits per heavy atom. The zero-order chi connectivity index (χ0) is 19.3. The molecule has 1 aromatic heterocycles. The molecule has 0 spiro atoms. The van der Waals surface area contributed by atoms with Crippen LogP contribution in [0.3, 0.4) is 0 Å². The summed E-state index contributed by atoms with van der Waals surface area (Å²) < 4.78 is 11.0. The van der Waals surface area contributed by atoms with E-state index in [4.69, 9.17) is 14.5 Å². The van der Waals surface area contributed by atoms with E-state index in [1.54, 1.807) is 0 Å². The molecule has 1 unspecified atom stereocenters. The summed E-state index contributed by atoms with van der Waals surface area (Å²) in [5.41, 5.74) is 2.86. The van der Waals surface area contributed by atoms with Crippen LogP contribution in [0.25, 0.3) is 0 Å². The van der Waals surface area contributed by atoms with E-state index in [1.807, 2.05) is 37.4 Å². The standard InChI is InChI=1S/C21H26N4O3/c1-2-28-19-6-4-3-5-18(19)23-20(26)15-7-8-17-16(13-15)14-22-21(24-17)25-9-11-27-12-10-25/h3-6,14-15H,2,7-13H2,1H3,(H,23,26). The average molecular weight is 382 g/mol. The molecular formula is C21H26N4O3. The molecule has 2 aromatic rings. The van der Waals surface area contributed by atoms with Crippen molar-refractivity contribution < 1.29 is 14.3 Å². The highest BCUT2D eigenvalue weighted by Gasteiger charge is 2.27. The monoisotopic (exact) mass is 382 g/mol. The Bertz CT molecular complexity index is 836. The van der Waals surface area contributed by atoms with Crippen LogP contribution < -0.4 is 15.0 Å². The predicted octanol–water partition coefficient (Wildman–Crippen LogP) is 2.46. The van der Waals surface area contributed by atoms with Crippen LogP contribution in [0, 0.1) is 5.92 Å². The predicted molar refractivity (Wildman–Crippen MR) is 107 cm³/mol. The first kappa shape index (κ1) is 18.7. The number of para-hydroxylation sites is 2. The number of aromatic nitrogens is 2. The lowest BCUT2D eigenvalue weighted by Crippen LogP contribution is -2.38. The SMILES string of the molecule is CCOc1ccccc1NC(=O)C1CCc2nc(N3CCOCC3)ncc2C1. The Hall–Kier alpha value is -2.67. The molecule has 1 saturated heterocycles. The Balaban J connectivity index is 1.43. The molecule has 1 fully saturated rings. The first-order valence-corrected chi connectivity index (χ1v) is 9.94. The van der Waals surface area contributed by atoms with Crippen molar-refractivity contribution in [2.24, 2.45) is 5.92 Å². The maximum absolute atomic E-state index is 12.8. The highest BCUT2D eigenvalue weighted by Crippen LogP contribution is 2.29. The van der Waals surface area contributed by atoms with Gasteiger partial charge >= 0.3 is 0 Å². The molecule has 7 heteroatoms. The van der Waals surface area contributed by atoms with Crippen LogP contribution in [0.15, 0.2) is 30.5 Å². The lowest BCUT2D eigenvalue weighted by Gasteiger charge is -2.29. The summed E-state index contributed by atoms with van der Waals surface area (Å²) in [7, 11) is 0. The second kappa shape index (κ2) is 8.56. The number of amides is 1. The van der Waals surface area contributed by atoms with Crippen molar-refractivity contribution in [3.63, 3.8) is 0 Å². The topological polar surface area (TPSA) is 76.6 Å². The van der Waals surface area contributed by atoms with Crippen LogP contribution in [0.2, 0.25) is 0 Å².